The minimum Gasteiger partial charge on any atom is -0.351 e. The Morgan fingerprint density at radius 3 is 2.02 bits per heavy atom. The van der Waals surface area contributed by atoms with Gasteiger partial charge in [-0.15, -0.1) is 0 Å². The van der Waals surface area contributed by atoms with Gasteiger partial charge in [-0.2, -0.15) is 0 Å². The molecule has 258 valence electrons. The lowest BCUT2D eigenvalue weighted by atomic mass is 9.79. The van der Waals surface area contributed by atoms with Crippen molar-refractivity contribution < 1.29 is 14.4 Å². The standard InChI is InChI=1S/C41H51N5O3/c1-40(2)25-34(26-41(3,4)44-40)43-37(47)35(23-28-13-8-7-9-14-28)45(5)39(49)36(24-29-19-20-31-16-10-11-17-32(31)21-29)46(6)38(48)33-18-12-15-30(22-33)27-42/h7-22,34-36,44H,23-27,42H2,1-6H3,(H,43,47). The highest BCUT2D eigenvalue weighted by atomic mass is 16.2. The molecule has 8 heteroatoms. The molecule has 8 nitrogen and oxygen atoms in total. The number of carbonyl (C=O) groups is 3. The molecule has 2 atom stereocenters. The quantitative estimate of drug-likeness (QED) is 0.198. The Morgan fingerprint density at radius 1 is 0.735 bits per heavy atom. The molecular weight excluding hydrogens is 610 g/mol. The van der Waals surface area contributed by atoms with Crippen LogP contribution in [0.5, 0.6) is 0 Å². The van der Waals surface area contributed by atoms with Crippen molar-refractivity contribution in [3.63, 3.8) is 0 Å². The molecule has 1 aliphatic rings. The van der Waals surface area contributed by atoms with Crippen LogP contribution in [0.25, 0.3) is 10.8 Å². The topological polar surface area (TPSA) is 108 Å². The van der Waals surface area contributed by atoms with Gasteiger partial charge in [-0.1, -0.05) is 84.9 Å². The van der Waals surface area contributed by atoms with Crippen molar-refractivity contribution in [1.82, 2.24) is 20.4 Å². The van der Waals surface area contributed by atoms with Gasteiger partial charge in [-0.25, -0.2) is 0 Å². The summed E-state index contributed by atoms with van der Waals surface area (Å²) in [6, 6.07) is 29.4. The van der Waals surface area contributed by atoms with Crippen LogP contribution in [0, 0.1) is 0 Å². The summed E-state index contributed by atoms with van der Waals surface area (Å²) in [5.41, 5.74) is 8.72. The molecular formula is C41H51N5O3. The van der Waals surface area contributed by atoms with Crippen LogP contribution in [0.4, 0.5) is 0 Å². The third-order valence-electron chi connectivity index (χ3n) is 9.65. The van der Waals surface area contributed by atoms with Crippen LogP contribution >= 0.6 is 0 Å². The molecule has 1 aliphatic heterocycles. The molecule has 4 aromatic carbocycles. The van der Waals surface area contributed by atoms with E-state index in [0.29, 0.717) is 18.5 Å². The molecule has 4 N–H and O–H groups in total. The zero-order chi connectivity index (χ0) is 35.3. The summed E-state index contributed by atoms with van der Waals surface area (Å²) in [4.78, 5) is 46.1. The minimum absolute atomic E-state index is 0.0620. The van der Waals surface area contributed by atoms with E-state index in [1.165, 1.54) is 4.90 Å². The van der Waals surface area contributed by atoms with Gasteiger partial charge < -0.3 is 26.2 Å². The molecule has 2 unspecified atom stereocenters. The molecule has 0 aliphatic carbocycles. The molecule has 0 saturated carbocycles. The van der Waals surface area contributed by atoms with Gasteiger partial charge in [0.1, 0.15) is 12.1 Å². The van der Waals surface area contributed by atoms with Crippen molar-refractivity contribution in [1.29, 1.82) is 0 Å². The molecule has 0 radical (unpaired) electrons. The van der Waals surface area contributed by atoms with Gasteiger partial charge in [0, 0.05) is 56.2 Å². The highest BCUT2D eigenvalue weighted by molar-refractivity contribution is 5.98. The summed E-state index contributed by atoms with van der Waals surface area (Å²) in [6.45, 7) is 8.90. The summed E-state index contributed by atoms with van der Waals surface area (Å²) < 4.78 is 0. The van der Waals surface area contributed by atoms with E-state index < -0.39 is 12.1 Å². The first-order chi connectivity index (χ1) is 23.2. The van der Waals surface area contributed by atoms with Crippen molar-refractivity contribution in [2.75, 3.05) is 14.1 Å². The second-order valence-electron chi connectivity index (χ2n) is 14.9. The monoisotopic (exact) mass is 661 g/mol. The third-order valence-corrected chi connectivity index (χ3v) is 9.65. The van der Waals surface area contributed by atoms with Gasteiger partial charge >= 0.3 is 0 Å². The minimum atomic E-state index is -0.872. The van der Waals surface area contributed by atoms with Gasteiger partial charge in [0.15, 0.2) is 0 Å². The molecule has 3 amide bonds. The first-order valence-electron chi connectivity index (χ1n) is 17.2. The summed E-state index contributed by atoms with van der Waals surface area (Å²) >= 11 is 0. The van der Waals surface area contributed by atoms with Crippen LogP contribution in [0.3, 0.4) is 0 Å². The second kappa shape index (κ2) is 14.9. The van der Waals surface area contributed by atoms with Crippen LogP contribution in [-0.4, -0.2) is 70.8 Å². The average Bonchev–Trinajstić information content (AvgIpc) is 3.07. The van der Waals surface area contributed by atoms with Crippen LogP contribution in [0.1, 0.15) is 67.6 Å². The van der Waals surface area contributed by atoms with Crippen molar-refractivity contribution in [2.24, 2.45) is 5.73 Å². The Hall–Kier alpha value is -4.53. The number of benzene rings is 4. The third kappa shape index (κ3) is 8.94. The van der Waals surface area contributed by atoms with Crippen LogP contribution in [-0.2, 0) is 29.0 Å². The summed E-state index contributed by atoms with van der Waals surface area (Å²) in [6.07, 6.45) is 2.15. The zero-order valence-electron chi connectivity index (χ0n) is 29.7. The van der Waals surface area contributed by atoms with E-state index in [1.54, 1.807) is 37.2 Å². The smallest absolute Gasteiger partial charge is 0.254 e. The van der Waals surface area contributed by atoms with Crippen molar-refractivity contribution >= 4 is 28.5 Å². The Morgan fingerprint density at radius 2 is 1.35 bits per heavy atom. The predicted octanol–water partition coefficient (Wildman–Crippen LogP) is 5.48. The highest BCUT2D eigenvalue weighted by Gasteiger charge is 2.40. The molecule has 49 heavy (non-hydrogen) atoms. The number of piperidine rings is 1. The summed E-state index contributed by atoms with van der Waals surface area (Å²) in [5, 5.41) is 9.15. The maximum absolute atomic E-state index is 14.8. The fraction of sp³-hybridized carbons (Fsp3) is 0.390. The fourth-order valence-electron chi connectivity index (χ4n) is 7.51. The van der Waals surface area contributed by atoms with E-state index in [1.807, 2.05) is 72.8 Å². The maximum atomic E-state index is 14.8. The summed E-state index contributed by atoms with van der Waals surface area (Å²) in [7, 11) is 3.35. The highest BCUT2D eigenvalue weighted by Crippen LogP contribution is 2.29. The number of hydrogen-bond donors (Lipinski definition) is 3. The first kappa shape index (κ1) is 35.8. The maximum Gasteiger partial charge on any atom is 0.254 e. The van der Waals surface area contributed by atoms with Crippen molar-refractivity contribution in [2.45, 2.75) is 89.1 Å². The Bertz CT molecular complexity index is 1770. The number of fused-ring (bicyclic) bond motifs is 1. The van der Waals surface area contributed by atoms with E-state index in [4.69, 9.17) is 5.73 Å². The Kier molecular flexibility index (Phi) is 10.9. The molecule has 1 saturated heterocycles. The number of amides is 3. The largest absolute Gasteiger partial charge is 0.351 e. The molecule has 1 heterocycles. The SMILES string of the molecule is CN(C(=O)c1cccc(CN)c1)C(Cc1ccc2ccccc2c1)C(=O)N(C)C(Cc1ccccc1)C(=O)NC1CC(C)(C)NC(C)(C)C1. The molecule has 0 aromatic heterocycles. The van der Waals surface area contributed by atoms with E-state index in [9.17, 15) is 14.4 Å². The summed E-state index contributed by atoms with van der Waals surface area (Å²) in [5.74, 6) is -0.792. The van der Waals surface area contributed by atoms with E-state index in [0.717, 1.165) is 40.3 Å². The number of hydrogen-bond acceptors (Lipinski definition) is 5. The van der Waals surface area contributed by atoms with Gasteiger partial charge in [-0.05, 0) is 80.1 Å². The average molecular weight is 662 g/mol. The lowest BCUT2D eigenvalue weighted by molar-refractivity contribution is -0.142. The predicted molar refractivity (Wildman–Crippen MR) is 197 cm³/mol. The molecule has 1 fully saturated rings. The number of likely N-dealkylation sites (N-methyl/N-ethyl adjacent to an activating group) is 2. The lowest BCUT2D eigenvalue weighted by Crippen LogP contribution is -2.63. The van der Waals surface area contributed by atoms with Crippen molar-refractivity contribution in [3.8, 4) is 0 Å². The molecule has 4 aromatic rings. The molecule has 0 bridgehead atoms. The fourth-order valence-corrected chi connectivity index (χ4v) is 7.51. The Balaban J connectivity index is 1.48. The van der Waals surface area contributed by atoms with Gasteiger partial charge in [0.25, 0.3) is 5.91 Å². The van der Waals surface area contributed by atoms with Gasteiger partial charge in [0.2, 0.25) is 11.8 Å². The van der Waals surface area contributed by atoms with Crippen LogP contribution in [0.15, 0.2) is 97.1 Å². The van der Waals surface area contributed by atoms with Gasteiger partial charge in [0.05, 0.1) is 0 Å². The van der Waals surface area contributed by atoms with E-state index >= 15 is 0 Å². The molecule has 0 spiro atoms. The van der Waals surface area contributed by atoms with Crippen LogP contribution in [0.2, 0.25) is 0 Å². The van der Waals surface area contributed by atoms with E-state index in [-0.39, 0.29) is 41.3 Å². The number of nitrogens with zero attached hydrogens (tertiary/aromatic N) is 2. The van der Waals surface area contributed by atoms with Crippen LogP contribution < -0.4 is 16.4 Å². The van der Waals surface area contributed by atoms with E-state index in [2.05, 4.69) is 44.4 Å². The number of nitrogens with one attached hydrogen (secondary N) is 2. The number of nitrogens with two attached hydrogens (primary N) is 1. The number of carbonyl (C=O) groups excluding carboxylic acids is 3. The lowest BCUT2D eigenvalue weighted by Gasteiger charge is -2.47. The first-order valence-corrected chi connectivity index (χ1v) is 17.2. The van der Waals surface area contributed by atoms with Gasteiger partial charge in [-0.3, -0.25) is 14.4 Å². The normalized spacial score (nSPS) is 16.8. The zero-order valence-corrected chi connectivity index (χ0v) is 29.7. The Labute approximate surface area is 291 Å². The number of rotatable bonds is 11. The molecule has 5 rings (SSSR count). The van der Waals surface area contributed by atoms with Crippen molar-refractivity contribution in [3.05, 3.63) is 119 Å². The second-order valence-corrected chi connectivity index (χ2v) is 14.9.